The van der Waals surface area contributed by atoms with Gasteiger partial charge in [0, 0.05) is 12.6 Å². The van der Waals surface area contributed by atoms with Crippen LogP contribution in [0.25, 0.3) is 0 Å². The van der Waals surface area contributed by atoms with Crippen LogP contribution in [-0.2, 0) is 21.4 Å². The van der Waals surface area contributed by atoms with E-state index in [1.807, 2.05) is 30.3 Å². The minimum Gasteiger partial charge on any atom is -0.481 e. The van der Waals surface area contributed by atoms with Gasteiger partial charge in [-0.1, -0.05) is 49.6 Å². The smallest absolute Gasteiger partial charge is 0.260 e. The van der Waals surface area contributed by atoms with Crippen LogP contribution >= 0.6 is 0 Å². The van der Waals surface area contributed by atoms with Crippen LogP contribution in [0.4, 0.5) is 0 Å². The Hall–Kier alpha value is -2.38. The summed E-state index contributed by atoms with van der Waals surface area (Å²) in [6.07, 6.45) is 4.91. The molecule has 0 spiro atoms. The van der Waals surface area contributed by atoms with Crippen LogP contribution in [0, 0.1) is 0 Å². The standard InChI is InChI=1S/C22H28N2O4S/c1-17(22(25)24-19-10-6-3-7-11-19)28-20-12-14-21(15-13-20)29(26,27)23-16-18-8-4-2-5-9-18/h2,4-5,8-9,12-15,17,19,23H,3,6-7,10-11,16H2,1H3,(H,24,25). The van der Waals surface area contributed by atoms with Gasteiger partial charge in [0.1, 0.15) is 5.75 Å². The maximum Gasteiger partial charge on any atom is 0.260 e. The quantitative estimate of drug-likeness (QED) is 0.691. The fourth-order valence-electron chi connectivity index (χ4n) is 3.38. The summed E-state index contributed by atoms with van der Waals surface area (Å²) < 4.78 is 33.2. The predicted octanol–water partition coefficient (Wildman–Crippen LogP) is 3.38. The van der Waals surface area contributed by atoms with Crippen LogP contribution in [0.5, 0.6) is 5.75 Å². The summed E-state index contributed by atoms with van der Waals surface area (Å²) in [7, 11) is -3.62. The SMILES string of the molecule is CC(Oc1ccc(S(=O)(=O)NCc2ccccc2)cc1)C(=O)NC1CCCCC1. The molecule has 156 valence electrons. The molecule has 2 N–H and O–H groups in total. The normalized spacial score (nSPS) is 16.2. The number of benzene rings is 2. The summed E-state index contributed by atoms with van der Waals surface area (Å²) in [6, 6.07) is 15.7. The van der Waals surface area contributed by atoms with E-state index in [-0.39, 0.29) is 23.4 Å². The van der Waals surface area contributed by atoms with Crippen molar-refractivity contribution < 1.29 is 17.9 Å². The van der Waals surface area contributed by atoms with E-state index in [4.69, 9.17) is 4.74 Å². The van der Waals surface area contributed by atoms with Gasteiger partial charge in [0.15, 0.2) is 6.10 Å². The highest BCUT2D eigenvalue weighted by atomic mass is 32.2. The molecule has 3 rings (SSSR count). The second-order valence-corrected chi connectivity index (χ2v) is 9.15. The van der Waals surface area contributed by atoms with Gasteiger partial charge >= 0.3 is 0 Å². The minimum absolute atomic E-state index is 0.141. The molecule has 1 aliphatic carbocycles. The van der Waals surface area contributed by atoms with E-state index in [0.717, 1.165) is 31.2 Å². The van der Waals surface area contributed by atoms with Gasteiger partial charge in [0.25, 0.3) is 5.91 Å². The zero-order valence-electron chi connectivity index (χ0n) is 16.6. The summed E-state index contributed by atoms with van der Waals surface area (Å²) in [5.74, 6) is 0.316. The van der Waals surface area contributed by atoms with E-state index in [1.54, 1.807) is 19.1 Å². The molecule has 1 aliphatic rings. The number of sulfonamides is 1. The molecular weight excluding hydrogens is 388 g/mol. The second kappa shape index (κ2) is 9.89. The Balaban J connectivity index is 1.54. The van der Waals surface area contributed by atoms with Crippen LogP contribution in [0.15, 0.2) is 59.5 Å². The average Bonchev–Trinajstić information content (AvgIpc) is 2.74. The first-order valence-corrected chi connectivity index (χ1v) is 11.5. The Kier molecular flexibility index (Phi) is 7.28. The average molecular weight is 417 g/mol. The number of hydrogen-bond donors (Lipinski definition) is 2. The zero-order valence-corrected chi connectivity index (χ0v) is 17.5. The molecule has 0 heterocycles. The molecule has 0 aromatic heterocycles. The molecule has 1 fully saturated rings. The van der Waals surface area contributed by atoms with Crippen LogP contribution in [0.3, 0.4) is 0 Å². The van der Waals surface area contributed by atoms with E-state index < -0.39 is 16.1 Å². The molecule has 7 heteroatoms. The summed E-state index contributed by atoms with van der Waals surface area (Å²) in [6.45, 7) is 1.92. The summed E-state index contributed by atoms with van der Waals surface area (Å²) in [4.78, 5) is 12.5. The van der Waals surface area contributed by atoms with Crippen molar-refractivity contribution in [3.05, 3.63) is 60.2 Å². The number of carbonyl (C=O) groups is 1. The van der Waals surface area contributed by atoms with Gasteiger partial charge in [-0.05, 0) is 49.6 Å². The predicted molar refractivity (Wildman–Crippen MR) is 112 cm³/mol. The number of amides is 1. The molecule has 1 amide bonds. The molecule has 2 aromatic rings. The number of rotatable bonds is 8. The maximum absolute atomic E-state index is 12.5. The Labute approximate surface area is 172 Å². The lowest BCUT2D eigenvalue weighted by Gasteiger charge is -2.24. The third-order valence-corrected chi connectivity index (χ3v) is 6.49. The van der Waals surface area contributed by atoms with Gasteiger partial charge in [-0.3, -0.25) is 4.79 Å². The van der Waals surface area contributed by atoms with Crippen molar-refractivity contribution in [2.24, 2.45) is 0 Å². The molecule has 0 saturated heterocycles. The van der Waals surface area contributed by atoms with Gasteiger partial charge < -0.3 is 10.1 Å². The maximum atomic E-state index is 12.5. The van der Waals surface area contributed by atoms with Crippen LogP contribution < -0.4 is 14.8 Å². The van der Waals surface area contributed by atoms with Crippen molar-refractivity contribution in [1.82, 2.24) is 10.0 Å². The number of hydrogen-bond acceptors (Lipinski definition) is 4. The summed E-state index contributed by atoms with van der Waals surface area (Å²) >= 11 is 0. The monoisotopic (exact) mass is 416 g/mol. The number of ether oxygens (including phenoxy) is 1. The number of carbonyl (C=O) groups excluding carboxylic acids is 1. The van der Waals surface area contributed by atoms with E-state index in [2.05, 4.69) is 10.0 Å². The fraction of sp³-hybridized carbons (Fsp3) is 0.409. The molecule has 6 nitrogen and oxygen atoms in total. The molecule has 1 saturated carbocycles. The second-order valence-electron chi connectivity index (χ2n) is 7.39. The first-order chi connectivity index (χ1) is 13.9. The lowest BCUT2D eigenvalue weighted by Crippen LogP contribution is -2.43. The molecule has 0 bridgehead atoms. The first-order valence-electron chi connectivity index (χ1n) is 10.0. The van der Waals surface area contributed by atoms with Crippen molar-refractivity contribution in [1.29, 1.82) is 0 Å². The van der Waals surface area contributed by atoms with Crippen molar-refractivity contribution in [3.8, 4) is 5.75 Å². The Bertz CT molecular complexity index is 892. The Morgan fingerprint density at radius 1 is 1.03 bits per heavy atom. The van der Waals surface area contributed by atoms with Gasteiger partial charge in [0.05, 0.1) is 4.90 Å². The van der Waals surface area contributed by atoms with Crippen molar-refractivity contribution in [2.45, 2.75) is 62.6 Å². The Morgan fingerprint density at radius 3 is 2.34 bits per heavy atom. The third kappa shape index (κ3) is 6.30. The molecule has 0 aliphatic heterocycles. The van der Waals surface area contributed by atoms with E-state index in [1.165, 1.54) is 18.6 Å². The highest BCUT2D eigenvalue weighted by Gasteiger charge is 2.21. The lowest BCUT2D eigenvalue weighted by atomic mass is 9.95. The third-order valence-electron chi connectivity index (χ3n) is 5.08. The van der Waals surface area contributed by atoms with Crippen molar-refractivity contribution in [2.75, 3.05) is 0 Å². The molecular formula is C22H28N2O4S. The first kappa shape index (κ1) is 21.3. The highest BCUT2D eigenvalue weighted by Crippen LogP contribution is 2.19. The zero-order chi connectivity index (χ0) is 20.7. The van der Waals surface area contributed by atoms with Crippen LogP contribution in [0.2, 0.25) is 0 Å². The molecule has 2 aromatic carbocycles. The van der Waals surface area contributed by atoms with E-state index in [0.29, 0.717) is 5.75 Å². The van der Waals surface area contributed by atoms with E-state index >= 15 is 0 Å². The minimum atomic E-state index is -3.62. The van der Waals surface area contributed by atoms with Crippen molar-refractivity contribution >= 4 is 15.9 Å². The molecule has 1 atom stereocenters. The Morgan fingerprint density at radius 2 is 1.69 bits per heavy atom. The lowest BCUT2D eigenvalue weighted by molar-refractivity contribution is -0.128. The fourth-order valence-corrected chi connectivity index (χ4v) is 4.40. The molecule has 1 unspecified atom stereocenters. The van der Waals surface area contributed by atoms with Crippen molar-refractivity contribution in [3.63, 3.8) is 0 Å². The van der Waals surface area contributed by atoms with Gasteiger partial charge in [-0.15, -0.1) is 0 Å². The van der Waals surface area contributed by atoms with Crippen LogP contribution in [0.1, 0.15) is 44.6 Å². The molecule has 29 heavy (non-hydrogen) atoms. The molecule has 0 radical (unpaired) electrons. The summed E-state index contributed by atoms with van der Waals surface area (Å²) in [5, 5.41) is 3.04. The van der Waals surface area contributed by atoms with Crippen LogP contribution in [-0.4, -0.2) is 26.5 Å². The van der Waals surface area contributed by atoms with Gasteiger partial charge in [0.2, 0.25) is 10.0 Å². The van der Waals surface area contributed by atoms with Gasteiger partial charge in [-0.2, -0.15) is 0 Å². The van der Waals surface area contributed by atoms with Gasteiger partial charge in [-0.25, -0.2) is 13.1 Å². The number of nitrogens with one attached hydrogen (secondary N) is 2. The largest absolute Gasteiger partial charge is 0.481 e. The van der Waals surface area contributed by atoms with E-state index in [9.17, 15) is 13.2 Å². The summed E-state index contributed by atoms with van der Waals surface area (Å²) in [5.41, 5.74) is 0.883. The highest BCUT2D eigenvalue weighted by molar-refractivity contribution is 7.89. The topological polar surface area (TPSA) is 84.5 Å².